The third-order valence-electron chi connectivity index (χ3n) is 4.31. The van der Waals surface area contributed by atoms with Gasteiger partial charge in [0.15, 0.2) is 0 Å². The summed E-state index contributed by atoms with van der Waals surface area (Å²) in [6, 6.07) is 17.9. The number of carbonyl (C=O) groups is 1. The van der Waals surface area contributed by atoms with Crippen LogP contribution in [-0.2, 0) is 16.1 Å². The summed E-state index contributed by atoms with van der Waals surface area (Å²) in [5.41, 5.74) is 3.20. The molecular formula is C20H24N2O3. The van der Waals surface area contributed by atoms with Crippen LogP contribution in [0.1, 0.15) is 17.2 Å². The van der Waals surface area contributed by atoms with E-state index in [2.05, 4.69) is 29.2 Å². The van der Waals surface area contributed by atoms with Crippen molar-refractivity contribution in [1.29, 1.82) is 0 Å². The molecule has 2 aromatic carbocycles. The Morgan fingerprint density at radius 1 is 1.16 bits per heavy atom. The molecule has 0 radical (unpaired) electrons. The average molecular weight is 340 g/mol. The highest BCUT2D eigenvalue weighted by Gasteiger charge is 2.26. The number of morpholine rings is 1. The maximum Gasteiger partial charge on any atom is 0.410 e. The van der Waals surface area contributed by atoms with Gasteiger partial charge in [-0.2, -0.15) is 0 Å². The molecule has 0 aromatic heterocycles. The van der Waals surface area contributed by atoms with Crippen LogP contribution >= 0.6 is 0 Å². The second-order valence-electron chi connectivity index (χ2n) is 6.33. The van der Waals surface area contributed by atoms with Crippen LogP contribution in [0.5, 0.6) is 0 Å². The van der Waals surface area contributed by atoms with E-state index in [1.807, 2.05) is 44.4 Å². The molecule has 0 aliphatic carbocycles. The van der Waals surface area contributed by atoms with Crippen molar-refractivity contribution in [3.8, 4) is 0 Å². The molecule has 1 atom stereocenters. The summed E-state index contributed by atoms with van der Waals surface area (Å²) in [6.45, 7) is 1.87. The lowest BCUT2D eigenvalue weighted by Gasteiger charge is -2.32. The smallest absolute Gasteiger partial charge is 0.410 e. The molecule has 0 bridgehead atoms. The molecule has 0 spiro atoms. The number of nitrogens with zero attached hydrogens (tertiary/aromatic N) is 2. The van der Waals surface area contributed by atoms with Crippen LogP contribution in [0.3, 0.4) is 0 Å². The summed E-state index contributed by atoms with van der Waals surface area (Å²) >= 11 is 0. The van der Waals surface area contributed by atoms with Crippen LogP contribution < -0.4 is 4.90 Å². The van der Waals surface area contributed by atoms with Crippen molar-refractivity contribution in [3.05, 3.63) is 65.7 Å². The Hall–Kier alpha value is -2.53. The first-order chi connectivity index (χ1) is 12.1. The Balaban J connectivity index is 1.57. The summed E-state index contributed by atoms with van der Waals surface area (Å²) in [5.74, 6) is 0. The molecule has 1 aliphatic rings. The number of anilines is 1. The second kappa shape index (κ2) is 8.03. The molecule has 132 valence electrons. The van der Waals surface area contributed by atoms with Gasteiger partial charge in [0, 0.05) is 26.3 Å². The van der Waals surface area contributed by atoms with E-state index in [-0.39, 0.29) is 12.2 Å². The first kappa shape index (κ1) is 17.3. The Morgan fingerprint density at radius 2 is 1.88 bits per heavy atom. The molecule has 0 N–H and O–H groups in total. The lowest BCUT2D eigenvalue weighted by atomic mass is 10.1. The normalized spacial score (nSPS) is 17.2. The summed E-state index contributed by atoms with van der Waals surface area (Å²) in [6.07, 6.45) is -0.406. The van der Waals surface area contributed by atoms with Crippen molar-refractivity contribution >= 4 is 11.8 Å². The topological polar surface area (TPSA) is 42.0 Å². The fourth-order valence-corrected chi connectivity index (χ4v) is 2.81. The van der Waals surface area contributed by atoms with Crippen LogP contribution in [0.4, 0.5) is 10.5 Å². The second-order valence-corrected chi connectivity index (χ2v) is 6.33. The SMILES string of the molecule is CN(C)c1ccc(C2CN(C(=O)OCc3ccccc3)CCO2)cc1. The van der Waals surface area contributed by atoms with Crippen molar-refractivity contribution in [2.45, 2.75) is 12.7 Å². The fourth-order valence-electron chi connectivity index (χ4n) is 2.81. The lowest BCUT2D eigenvalue weighted by Crippen LogP contribution is -2.42. The molecule has 3 rings (SSSR count). The maximum absolute atomic E-state index is 12.3. The summed E-state index contributed by atoms with van der Waals surface area (Å²) < 4.78 is 11.3. The largest absolute Gasteiger partial charge is 0.445 e. The third-order valence-corrected chi connectivity index (χ3v) is 4.31. The van der Waals surface area contributed by atoms with Gasteiger partial charge in [0.1, 0.15) is 12.7 Å². The Kier molecular flexibility index (Phi) is 5.56. The molecular weight excluding hydrogens is 316 g/mol. The van der Waals surface area contributed by atoms with Crippen LogP contribution in [-0.4, -0.2) is 44.8 Å². The number of hydrogen-bond acceptors (Lipinski definition) is 4. The van der Waals surface area contributed by atoms with Gasteiger partial charge in [-0.25, -0.2) is 4.79 Å². The number of rotatable bonds is 4. The van der Waals surface area contributed by atoms with Crippen LogP contribution in [0.15, 0.2) is 54.6 Å². The Bertz CT molecular complexity index is 686. The highest BCUT2D eigenvalue weighted by atomic mass is 16.6. The van der Waals surface area contributed by atoms with Crippen LogP contribution in [0.25, 0.3) is 0 Å². The van der Waals surface area contributed by atoms with Gasteiger partial charge in [-0.05, 0) is 23.3 Å². The number of hydrogen-bond donors (Lipinski definition) is 0. The number of carbonyl (C=O) groups excluding carboxylic acids is 1. The Labute approximate surface area is 148 Å². The lowest BCUT2D eigenvalue weighted by molar-refractivity contribution is -0.0296. The van der Waals surface area contributed by atoms with E-state index in [4.69, 9.17) is 9.47 Å². The zero-order valence-corrected chi connectivity index (χ0v) is 14.7. The van der Waals surface area contributed by atoms with Crippen molar-refractivity contribution in [2.75, 3.05) is 38.7 Å². The van der Waals surface area contributed by atoms with Gasteiger partial charge in [-0.1, -0.05) is 42.5 Å². The molecule has 0 saturated carbocycles. The molecule has 1 aliphatic heterocycles. The monoisotopic (exact) mass is 340 g/mol. The first-order valence-corrected chi connectivity index (χ1v) is 8.48. The van der Waals surface area contributed by atoms with Crippen molar-refractivity contribution in [3.63, 3.8) is 0 Å². The minimum absolute atomic E-state index is 0.116. The molecule has 5 nitrogen and oxygen atoms in total. The molecule has 1 unspecified atom stereocenters. The fraction of sp³-hybridized carbons (Fsp3) is 0.350. The van der Waals surface area contributed by atoms with E-state index in [9.17, 15) is 4.79 Å². The molecule has 25 heavy (non-hydrogen) atoms. The van der Waals surface area contributed by atoms with E-state index < -0.39 is 0 Å². The van der Waals surface area contributed by atoms with E-state index in [0.717, 1.165) is 16.8 Å². The Morgan fingerprint density at radius 3 is 2.56 bits per heavy atom. The summed E-state index contributed by atoms with van der Waals surface area (Å²) in [5, 5.41) is 0. The van der Waals surface area contributed by atoms with Gasteiger partial charge in [0.25, 0.3) is 0 Å². The zero-order valence-electron chi connectivity index (χ0n) is 14.7. The maximum atomic E-state index is 12.3. The summed E-state index contributed by atoms with van der Waals surface area (Å²) in [7, 11) is 4.02. The minimum Gasteiger partial charge on any atom is -0.445 e. The van der Waals surface area contributed by atoms with E-state index in [1.54, 1.807) is 4.90 Å². The highest BCUT2D eigenvalue weighted by molar-refractivity contribution is 5.67. The van der Waals surface area contributed by atoms with E-state index in [1.165, 1.54) is 0 Å². The predicted molar refractivity (Wildman–Crippen MR) is 97.7 cm³/mol. The van der Waals surface area contributed by atoms with Crippen molar-refractivity contribution in [1.82, 2.24) is 4.90 Å². The molecule has 1 saturated heterocycles. The van der Waals surface area contributed by atoms with Crippen LogP contribution in [0.2, 0.25) is 0 Å². The van der Waals surface area contributed by atoms with Crippen molar-refractivity contribution < 1.29 is 14.3 Å². The molecule has 2 aromatic rings. The zero-order chi connectivity index (χ0) is 17.6. The van der Waals surface area contributed by atoms with Gasteiger partial charge in [-0.3, -0.25) is 0 Å². The average Bonchev–Trinajstić information content (AvgIpc) is 2.67. The first-order valence-electron chi connectivity index (χ1n) is 8.48. The third kappa shape index (κ3) is 4.51. The van der Waals surface area contributed by atoms with Gasteiger partial charge >= 0.3 is 6.09 Å². The van der Waals surface area contributed by atoms with Crippen LogP contribution in [0, 0.1) is 0 Å². The number of amides is 1. The quantitative estimate of drug-likeness (QED) is 0.855. The van der Waals surface area contributed by atoms with E-state index in [0.29, 0.717) is 26.3 Å². The molecule has 5 heteroatoms. The molecule has 1 fully saturated rings. The van der Waals surface area contributed by atoms with Gasteiger partial charge < -0.3 is 19.3 Å². The predicted octanol–water partition coefficient (Wildman–Crippen LogP) is 3.46. The van der Waals surface area contributed by atoms with Gasteiger partial charge in [-0.15, -0.1) is 0 Å². The molecule has 1 amide bonds. The molecule has 1 heterocycles. The van der Waals surface area contributed by atoms with Crippen molar-refractivity contribution in [2.24, 2.45) is 0 Å². The van der Waals surface area contributed by atoms with Gasteiger partial charge in [0.05, 0.1) is 13.2 Å². The van der Waals surface area contributed by atoms with Gasteiger partial charge in [0.2, 0.25) is 0 Å². The number of benzene rings is 2. The standard InChI is InChI=1S/C20H24N2O3/c1-21(2)18-10-8-17(9-11-18)19-14-22(12-13-24-19)20(23)25-15-16-6-4-3-5-7-16/h3-11,19H,12-15H2,1-2H3. The summed E-state index contributed by atoms with van der Waals surface area (Å²) in [4.78, 5) is 16.1. The number of ether oxygens (including phenoxy) is 2. The highest BCUT2D eigenvalue weighted by Crippen LogP contribution is 2.24. The van der Waals surface area contributed by atoms with E-state index >= 15 is 0 Å². The minimum atomic E-state index is -0.290.